The van der Waals surface area contributed by atoms with Gasteiger partial charge in [-0.2, -0.15) is 0 Å². The molecule has 3 nitrogen and oxygen atoms in total. The van der Waals surface area contributed by atoms with Gasteiger partial charge in [0, 0.05) is 11.6 Å². The molecule has 0 aromatic heterocycles. The van der Waals surface area contributed by atoms with Crippen molar-refractivity contribution < 1.29 is 27.8 Å². The van der Waals surface area contributed by atoms with Gasteiger partial charge in [-0.05, 0) is 13.0 Å². The number of rotatable bonds is 2. The Balaban J connectivity index is 2.66. The summed E-state index contributed by atoms with van der Waals surface area (Å²) in [5.41, 5.74) is -0.633. The number of ether oxygens (including phenoxy) is 1. The van der Waals surface area contributed by atoms with Gasteiger partial charge in [0.2, 0.25) is 0 Å². The maximum atomic E-state index is 13.6. The smallest absolute Gasteiger partial charge is 0.339 e. The molecule has 1 atom stereocenters. The van der Waals surface area contributed by atoms with E-state index in [1.807, 2.05) is 0 Å². The van der Waals surface area contributed by atoms with E-state index in [1.165, 1.54) is 6.92 Å². The molecule has 0 aliphatic carbocycles. The molecule has 1 N–H and O–H groups in total. The van der Waals surface area contributed by atoms with Gasteiger partial charge in [0.15, 0.2) is 11.6 Å². The highest BCUT2D eigenvalue weighted by Gasteiger charge is 2.33. The van der Waals surface area contributed by atoms with E-state index in [4.69, 9.17) is 9.84 Å². The van der Waals surface area contributed by atoms with E-state index in [2.05, 4.69) is 6.58 Å². The predicted octanol–water partition coefficient (Wildman–Crippen LogP) is 2.87. The van der Waals surface area contributed by atoms with Crippen molar-refractivity contribution in [3.05, 3.63) is 52.9 Å². The summed E-state index contributed by atoms with van der Waals surface area (Å²) in [5.74, 6) is -5.46. The van der Waals surface area contributed by atoms with Crippen molar-refractivity contribution in [3.63, 3.8) is 0 Å². The Labute approximate surface area is 106 Å². The Morgan fingerprint density at radius 3 is 2.42 bits per heavy atom. The zero-order valence-corrected chi connectivity index (χ0v) is 9.84. The van der Waals surface area contributed by atoms with Crippen LogP contribution in [0.5, 0.6) is 0 Å². The summed E-state index contributed by atoms with van der Waals surface area (Å²) in [7, 11) is 0. The van der Waals surface area contributed by atoms with Crippen LogP contribution in [0.3, 0.4) is 0 Å². The fraction of sp³-hybridized carbons (Fsp3) is 0.154. The Kier molecular flexibility index (Phi) is 3.09. The van der Waals surface area contributed by atoms with Crippen LogP contribution in [-0.4, -0.2) is 17.2 Å². The van der Waals surface area contributed by atoms with E-state index in [-0.39, 0.29) is 16.9 Å². The monoisotopic (exact) mass is 270 g/mol. The van der Waals surface area contributed by atoms with Crippen LogP contribution in [0, 0.1) is 17.5 Å². The molecule has 6 heteroatoms. The summed E-state index contributed by atoms with van der Waals surface area (Å²) >= 11 is 0. The molecular formula is C13H9F3O3. The Bertz CT molecular complexity index is 620. The zero-order valence-electron chi connectivity index (χ0n) is 9.84. The average molecular weight is 270 g/mol. The van der Waals surface area contributed by atoms with Crippen LogP contribution in [0.25, 0.3) is 5.76 Å². The second-order valence-electron chi connectivity index (χ2n) is 4.04. The molecule has 0 amide bonds. The number of carboxylic acid groups (broad SMARTS) is 1. The highest BCUT2D eigenvalue weighted by atomic mass is 19.2. The predicted molar refractivity (Wildman–Crippen MR) is 60.6 cm³/mol. The van der Waals surface area contributed by atoms with E-state index in [0.29, 0.717) is 12.1 Å². The van der Waals surface area contributed by atoms with Crippen molar-refractivity contribution in [1.29, 1.82) is 0 Å². The molecule has 1 aromatic carbocycles. The van der Waals surface area contributed by atoms with Gasteiger partial charge in [-0.15, -0.1) is 0 Å². The van der Waals surface area contributed by atoms with Gasteiger partial charge < -0.3 is 9.84 Å². The third kappa shape index (κ3) is 2.09. The van der Waals surface area contributed by atoms with Crippen molar-refractivity contribution in [1.82, 2.24) is 0 Å². The lowest BCUT2D eigenvalue weighted by molar-refractivity contribution is -0.132. The lowest BCUT2D eigenvalue weighted by Gasteiger charge is -2.09. The van der Waals surface area contributed by atoms with Crippen molar-refractivity contribution in [2.45, 2.75) is 13.0 Å². The van der Waals surface area contributed by atoms with Crippen LogP contribution in [0.2, 0.25) is 0 Å². The first kappa shape index (κ1) is 13.2. The van der Waals surface area contributed by atoms with E-state index >= 15 is 0 Å². The molecule has 0 saturated carbocycles. The molecule has 0 saturated heterocycles. The van der Waals surface area contributed by atoms with E-state index in [0.717, 1.165) is 0 Å². The van der Waals surface area contributed by atoms with Crippen molar-refractivity contribution >= 4 is 11.7 Å². The quantitative estimate of drug-likeness (QED) is 0.840. The molecule has 0 spiro atoms. The molecule has 1 aliphatic rings. The SMILES string of the molecule is C=C1C(C(=O)O)=C(c2cc(F)c(F)cc2F)OC1C. The van der Waals surface area contributed by atoms with E-state index < -0.39 is 35.1 Å². The minimum atomic E-state index is -1.37. The fourth-order valence-corrected chi connectivity index (χ4v) is 1.79. The summed E-state index contributed by atoms with van der Waals surface area (Å²) in [6.07, 6.45) is -0.673. The molecule has 19 heavy (non-hydrogen) atoms. The minimum absolute atomic E-state index is 0.145. The molecule has 0 radical (unpaired) electrons. The molecule has 1 aromatic rings. The molecule has 1 heterocycles. The third-order valence-corrected chi connectivity index (χ3v) is 2.80. The van der Waals surface area contributed by atoms with Gasteiger partial charge in [0.1, 0.15) is 23.3 Å². The maximum Gasteiger partial charge on any atom is 0.339 e. The van der Waals surface area contributed by atoms with Gasteiger partial charge in [0.05, 0.1) is 5.56 Å². The summed E-state index contributed by atoms with van der Waals surface area (Å²) in [6, 6.07) is 0.903. The maximum absolute atomic E-state index is 13.6. The molecule has 100 valence electrons. The third-order valence-electron chi connectivity index (χ3n) is 2.80. The first-order valence-electron chi connectivity index (χ1n) is 5.31. The van der Waals surface area contributed by atoms with E-state index in [1.54, 1.807) is 0 Å². The fourth-order valence-electron chi connectivity index (χ4n) is 1.79. The van der Waals surface area contributed by atoms with E-state index in [9.17, 15) is 18.0 Å². The van der Waals surface area contributed by atoms with Crippen LogP contribution in [-0.2, 0) is 9.53 Å². The number of halogens is 3. The molecule has 1 unspecified atom stereocenters. The number of hydrogen-bond donors (Lipinski definition) is 1. The number of benzene rings is 1. The van der Waals surface area contributed by atoms with Gasteiger partial charge >= 0.3 is 5.97 Å². The summed E-state index contributed by atoms with van der Waals surface area (Å²) in [4.78, 5) is 11.1. The van der Waals surface area contributed by atoms with Crippen molar-refractivity contribution in [3.8, 4) is 0 Å². The topological polar surface area (TPSA) is 46.5 Å². The zero-order chi connectivity index (χ0) is 14.3. The molecular weight excluding hydrogens is 261 g/mol. The Hall–Kier alpha value is -2.24. The first-order chi connectivity index (χ1) is 8.82. The van der Waals surface area contributed by atoms with Crippen LogP contribution in [0.4, 0.5) is 13.2 Å². The Morgan fingerprint density at radius 1 is 1.26 bits per heavy atom. The number of aliphatic carboxylic acids is 1. The average Bonchev–Trinajstić information content (AvgIpc) is 2.60. The number of hydrogen-bond acceptors (Lipinski definition) is 2. The highest BCUT2D eigenvalue weighted by molar-refractivity contribution is 6.01. The van der Waals surface area contributed by atoms with Gasteiger partial charge in [-0.25, -0.2) is 18.0 Å². The molecule has 2 rings (SSSR count). The first-order valence-corrected chi connectivity index (χ1v) is 5.31. The number of carboxylic acids is 1. The van der Waals surface area contributed by atoms with Crippen LogP contribution in [0.1, 0.15) is 12.5 Å². The second kappa shape index (κ2) is 4.46. The summed E-state index contributed by atoms with van der Waals surface area (Å²) < 4.78 is 44.8. The summed E-state index contributed by atoms with van der Waals surface area (Å²) in [6.45, 7) is 5.05. The van der Waals surface area contributed by atoms with Crippen molar-refractivity contribution in [2.24, 2.45) is 0 Å². The summed E-state index contributed by atoms with van der Waals surface area (Å²) in [5, 5.41) is 9.06. The number of carbonyl (C=O) groups is 1. The normalized spacial score (nSPS) is 18.7. The molecule has 0 fully saturated rings. The van der Waals surface area contributed by atoms with Gasteiger partial charge in [0.25, 0.3) is 0 Å². The lowest BCUT2D eigenvalue weighted by atomic mass is 10.0. The second-order valence-corrected chi connectivity index (χ2v) is 4.04. The molecule has 1 aliphatic heterocycles. The standard InChI is InChI=1S/C13H9F3O3/c1-5-6(2)19-12(11(5)13(17)18)7-3-9(15)10(16)4-8(7)14/h3-4,6H,1H2,2H3,(H,17,18). The largest absolute Gasteiger partial charge is 0.484 e. The van der Waals surface area contributed by atoms with Crippen LogP contribution in [0.15, 0.2) is 29.9 Å². The lowest BCUT2D eigenvalue weighted by Crippen LogP contribution is -2.06. The Morgan fingerprint density at radius 2 is 1.84 bits per heavy atom. The van der Waals surface area contributed by atoms with Crippen molar-refractivity contribution in [2.75, 3.05) is 0 Å². The van der Waals surface area contributed by atoms with Crippen LogP contribution < -0.4 is 0 Å². The van der Waals surface area contributed by atoms with Gasteiger partial charge in [-0.3, -0.25) is 0 Å². The minimum Gasteiger partial charge on any atom is -0.484 e. The van der Waals surface area contributed by atoms with Gasteiger partial charge in [-0.1, -0.05) is 6.58 Å². The van der Waals surface area contributed by atoms with Crippen LogP contribution >= 0.6 is 0 Å². The molecule has 0 bridgehead atoms. The highest BCUT2D eigenvalue weighted by Crippen LogP contribution is 2.37.